The van der Waals surface area contributed by atoms with Gasteiger partial charge < -0.3 is 45.1 Å². The lowest BCUT2D eigenvalue weighted by molar-refractivity contribution is -0.302. The second-order valence-electron chi connectivity index (χ2n) is 26.6. The summed E-state index contributed by atoms with van der Waals surface area (Å²) in [5, 5.41) is 54.3. The highest BCUT2D eigenvalue weighted by Gasteiger charge is 2.44. The lowest BCUT2D eigenvalue weighted by Gasteiger charge is -2.40. The van der Waals surface area contributed by atoms with Gasteiger partial charge in [-0.3, -0.25) is 9.59 Å². The molecular weight excluding hydrogens is 1150 g/mol. The fourth-order valence-corrected chi connectivity index (χ4v) is 11.9. The first kappa shape index (κ1) is 86.9. The highest BCUT2D eigenvalue weighted by molar-refractivity contribution is 5.76. The van der Waals surface area contributed by atoms with Crippen LogP contribution in [0.3, 0.4) is 0 Å². The molecule has 0 aromatic rings. The Morgan fingerprint density at radius 3 is 1.18 bits per heavy atom. The van der Waals surface area contributed by atoms with Gasteiger partial charge in [-0.15, -0.1) is 0 Å². The van der Waals surface area contributed by atoms with Crippen LogP contribution in [-0.4, -0.2) is 100 Å². The molecule has 1 fully saturated rings. The number of hydrogen-bond acceptors (Lipinski definition) is 10. The maximum atomic E-state index is 13.0. The van der Waals surface area contributed by atoms with Crippen LogP contribution in [0.5, 0.6) is 0 Å². The van der Waals surface area contributed by atoms with Crippen LogP contribution in [0.4, 0.5) is 0 Å². The predicted octanol–water partition coefficient (Wildman–Crippen LogP) is 20.8. The molecule has 7 atom stereocenters. The van der Waals surface area contributed by atoms with Gasteiger partial charge in [0.25, 0.3) is 0 Å². The van der Waals surface area contributed by atoms with E-state index >= 15 is 0 Å². The van der Waals surface area contributed by atoms with Gasteiger partial charge in [-0.1, -0.05) is 311 Å². The van der Waals surface area contributed by atoms with E-state index in [0.29, 0.717) is 19.4 Å². The van der Waals surface area contributed by atoms with Gasteiger partial charge >= 0.3 is 5.97 Å². The van der Waals surface area contributed by atoms with Crippen LogP contribution in [0.1, 0.15) is 354 Å². The molecule has 0 bridgehead atoms. The Labute approximate surface area is 565 Å². The number of hydrogen-bond donors (Lipinski definition) is 6. The molecule has 0 saturated carbocycles. The number of unbranched alkanes of at least 4 members (excludes halogenated alkanes) is 42. The SMILES string of the molecule is CC/C=C/CC/C=C/CC/C=C/C(O)C(COC1OC(CO)C(O)C(O)C1O)NC(=O)CCCCCCCCCCCCCCCCCCC/C=C\C/C=C\CCCCCCCCCCCCCOC(=O)CCCCCCCCCCC/C=C\C/C=C\CCCCC. The molecular formula is C81H145NO10. The number of esters is 1. The molecule has 1 aliphatic rings. The average molecular weight is 1290 g/mol. The molecule has 1 aliphatic heterocycles. The molecule has 1 heterocycles. The van der Waals surface area contributed by atoms with Crippen LogP contribution in [0.2, 0.25) is 0 Å². The highest BCUT2D eigenvalue weighted by Crippen LogP contribution is 2.23. The van der Waals surface area contributed by atoms with E-state index in [-0.39, 0.29) is 18.5 Å². The van der Waals surface area contributed by atoms with Gasteiger partial charge in [-0.2, -0.15) is 0 Å². The molecule has 92 heavy (non-hydrogen) atoms. The van der Waals surface area contributed by atoms with Crippen molar-refractivity contribution in [3.8, 4) is 0 Å². The third-order valence-electron chi connectivity index (χ3n) is 17.9. The zero-order chi connectivity index (χ0) is 66.5. The van der Waals surface area contributed by atoms with Crippen molar-refractivity contribution in [2.75, 3.05) is 19.8 Å². The van der Waals surface area contributed by atoms with Crippen LogP contribution in [0.25, 0.3) is 0 Å². The quantitative estimate of drug-likeness (QED) is 0.0195. The number of rotatable bonds is 68. The summed E-state index contributed by atoms with van der Waals surface area (Å²) in [5.41, 5.74) is 0. The molecule has 0 radical (unpaired) electrons. The van der Waals surface area contributed by atoms with E-state index in [2.05, 4.69) is 92.1 Å². The van der Waals surface area contributed by atoms with Gasteiger partial charge in [0.15, 0.2) is 6.29 Å². The van der Waals surface area contributed by atoms with Gasteiger partial charge in [0.2, 0.25) is 5.91 Å². The van der Waals surface area contributed by atoms with Crippen molar-refractivity contribution in [2.45, 2.75) is 397 Å². The average Bonchev–Trinajstić information content (AvgIpc) is 0.979. The van der Waals surface area contributed by atoms with Gasteiger partial charge in [0.1, 0.15) is 24.4 Å². The molecule has 1 amide bonds. The zero-order valence-electron chi connectivity index (χ0n) is 59.5. The second-order valence-corrected chi connectivity index (χ2v) is 26.6. The van der Waals surface area contributed by atoms with E-state index < -0.39 is 49.5 Å². The predicted molar refractivity (Wildman–Crippen MR) is 389 cm³/mol. The number of amides is 1. The number of aliphatic hydroxyl groups excluding tert-OH is 5. The van der Waals surface area contributed by atoms with Crippen molar-refractivity contribution < 1.29 is 49.3 Å². The topological polar surface area (TPSA) is 175 Å². The van der Waals surface area contributed by atoms with Gasteiger partial charge in [0.05, 0.1) is 32.0 Å². The number of nitrogens with one attached hydrogen (secondary N) is 1. The summed E-state index contributed by atoms with van der Waals surface area (Å²) in [7, 11) is 0. The Morgan fingerprint density at radius 1 is 0.413 bits per heavy atom. The van der Waals surface area contributed by atoms with Crippen LogP contribution in [0, 0.1) is 0 Å². The number of carbonyl (C=O) groups excluding carboxylic acids is 2. The monoisotopic (exact) mass is 1290 g/mol. The van der Waals surface area contributed by atoms with E-state index in [0.717, 1.165) is 83.5 Å². The van der Waals surface area contributed by atoms with Crippen LogP contribution in [0.15, 0.2) is 85.1 Å². The summed E-state index contributed by atoms with van der Waals surface area (Å²) in [6, 6.07) is -0.834. The molecule has 6 N–H and O–H groups in total. The smallest absolute Gasteiger partial charge is 0.305 e. The molecule has 11 heteroatoms. The lowest BCUT2D eigenvalue weighted by Crippen LogP contribution is -2.60. The maximum absolute atomic E-state index is 13.0. The number of ether oxygens (including phenoxy) is 3. The normalized spacial score (nSPS) is 18.0. The van der Waals surface area contributed by atoms with E-state index in [1.807, 2.05) is 6.08 Å². The summed E-state index contributed by atoms with van der Waals surface area (Å²) in [5.74, 6) is -0.191. The number of aliphatic hydroxyl groups is 5. The third-order valence-corrected chi connectivity index (χ3v) is 17.9. The fraction of sp³-hybridized carbons (Fsp3) is 0.802. The Bertz CT molecular complexity index is 1810. The summed E-state index contributed by atoms with van der Waals surface area (Å²) in [6.45, 7) is 4.20. The number of carbonyl (C=O) groups is 2. The minimum Gasteiger partial charge on any atom is -0.466 e. The number of allylic oxidation sites excluding steroid dienone is 13. The minimum atomic E-state index is -1.58. The van der Waals surface area contributed by atoms with E-state index in [1.54, 1.807) is 6.08 Å². The van der Waals surface area contributed by atoms with Crippen molar-refractivity contribution in [1.29, 1.82) is 0 Å². The molecule has 534 valence electrons. The van der Waals surface area contributed by atoms with Crippen molar-refractivity contribution in [3.05, 3.63) is 85.1 Å². The largest absolute Gasteiger partial charge is 0.466 e. The van der Waals surface area contributed by atoms with Crippen molar-refractivity contribution >= 4 is 11.9 Å². The van der Waals surface area contributed by atoms with Gasteiger partial charge in [-0.25, -0.2) is 0 Å². The first-order valence-electron chi connectivity index (χ1n) is 38.9. The molecule has 1 rings (SSSR count). The van der Waals surface area contributed by atoms with E-state index in [1.165, 1.54) is 244 Å². The first-order valence-corrected chi connectivity index (χ1v) is 38.9. The summed E-state index contributed by atoms with van der Waals surface area (Å²) < 4.78 is 16.7. The van der Waals surface area contributed by atoms with Gasteiger partial charge in [0, 0.05) is 12.8 Å². The highest BCUT2D eigenvalue weighted by atomic mass is 16.7. The standard InChI is InChI=1S/C81H145NO10/c1-3-5-7-9-11-13-15-16-17-18-36-40-43-46-49-53-57-61-65-69-77(86)90-70-66-62-58-54-50-47-44-41-38-35-33-31-29-27-25-23-21-19-20-22-24-26-28-30-32-34-37-39-42-45-48-52-56-60-64-68-76(85)82-73(72-91-81-80(89)79(88)78(87)75(71-83)92-81)74(84)67-63-59-55-51-14-12-10-8-6-4-2/h6,8,11,13-14,16-17,21,23,27,29,51,63,67,73-75,78-81,83-84,87-89H,3-5,7,9-10,12,15,18-20,22,24-26,28,30-50,52-62,64-66,68-72H2,1-2H3,(H,82,85)/b8-6+,13-11-,17-16-,23-21-,29-27-,51-14+,67-63+. The molecule has 11 nitrogen and oxygen atoms in total. The van der Waals surface area contributed by atoms with E-state index in [9.17, 15) is 35.1 Å². The van der Waals surface area contributed by atoms with Crippen molar-refractivity contribution in [1.82, 2.24) is 5.32 Å². The fourth-order valence-electron chi connectivity index (χ4n) is 11.9. The Balaban J connectivity index is 1.89. The van der Waals surface area contributed by atoms with Crippen LogP contribution in [-0.2, 0) is 23.8 Å². The first-order chi connectivity index (χ1) is 45.2. The molecule has 0 aromatic heterocycles. The summed E-state index contributed by atoms with van der Waals surface area (Å²) >= 11 is 0. The zero-order valence-corrected chi connectivity index (χ0v) is 59.5. The maximum Gasteiger partial charge on any atom is 0.305 e. The summed E-state index contributed by atoms with van der Waals surface area (Å²) in [6.07, 6.45) is 86.3. The summed E-state index contributed by atoms with van der Waals surface area (Å²) in [4.78, 5) is 25.2. The van der Waals surface area contributed by atoms with Crippen LogP contribution < -0.4 is 5.32 Å². The van der Waals surface area contributed by atoms with Gasteiger partial charge in [-0.05, 0) is 116 Å². The third kappa shape index (κ3) is 57.1. The Kier molecular flexibility index (Phi) is 65.3. The van der Waals surface area contributed by atoms with Crippen molar-refractivity contribution in [3.63, 3.8) is 0 Å². The molecule has 0 aromatic carbocycles. The molecule has 0 aliphatic carbocycles. The second kappa shape index (κ2) is 69.2. The minimum absolute atomic E-state index is 0.00564. The lowest BCUT2D eigenvalue weighted by atomic mass is 9.99. The Hall–Kier alpha value is -3.16. The van der Waals surface area contributed by atoms with Crippen molar-refractivity contribution in [2.24, 2.45) is 0 Å². The molecule has 1 saturated heterocycles. The van der Waals surface area contributed by atoms with Crippen LogP contribution >= 0.6 is 0 Å². The molecule has 0 spiro atoms. The van der Waals surface area contributed by atoms with E-state index in [4.69, 9.17) is 14.2 Å². The molecule has 7 unspecified atom stereocenters. The Morgan fingerprint density at radius 2 is 0.772 bits per heavy atom.